The van der Waals surface area contributed by atoms with Gasteiger partial charge in [0, 0.05) is 6.04 Å². The largest absolute Gasteiger partial charge is 0.350 e. The zero-order valence-corrected chi connectivity index (χ0v) is 13.5. The normalized spacial score (nSPS) is 12.0. The van der Waals surface area contributed by atoms with Gasteiger partial charge >= 0.3 is 0 Å². The maximum Gasteiger partial charge on any atom is 0.244 e. The zero-order chi connectivity index (χ0) is 15.4. The van der Waals surface area contributed by atoms with Crippen LogP contribution in [0.25, 0.3) is 0 Å². The summed E-state index contributed by atoms with van der Waals surface area (Å²) in [5.41, 5.74) is 3.04. The number of nitrogens with one attached hydrogen (secondary N) is 2. The molecular formula is C15H20ClN5. The van der Waals surface area contributed by atoms with Gasteiger partial charge in [-0.05, 0) is 44.4 Å². The van der Waals surface area contributed by atoms with Crippen LogP contribution in [0.5, 0.6) is 0 Å². The number of halogens is 1. The molecule has 1 heterocycles. The Morgan fingerprint density at radius 3 is 2.71 bits per heavy atom. The van der Waals surface area contributed by atoms with Crippen LogP contribution in [0.15, 0.2) is 18.3 Å². The average Bonchev–Trinajstić information content (AvgIpc) is 2.43. The molecule has 0 amide bonds. The molecule has 1 aromatic heterocycles. The van der Waals surface area contributed by atoms with Gasteiger partial charge < -0.3 is 10.6 Å². The van der Waals surface area contributed by atoms with Crippen LogP contribution in [0.1, 0.15) is 31.4 Å². The second-order valence-electron chi connectivity index (χ2n) is 5.18. The Morgan fingerprint density at radius 1 is 1.29 bits per heavy atom. The molecule has 0 saturated carbocycles. The predicted molar refractivity (Wildman–Crippen MR) is 87.4 cm³/mol. The summed E-state index contributed by atoms with van der Waals surface area (Å²) in [6.45, 7) is 8.20. The Morgan fingerprint density at radius 2 is 2.05 bits per heavy atom. The van der Waals surface area contributed by atoms with Crippen LogP contribution < -0.4 is 10.6 Å². The van der Waals surface area contributed by atoms with Crippen molar-refractivity contribution in [3.8, 4) is 0 Å². The van der Waals surface area contributed by atoms with Gasteiger partial charge in [0.2, 0.25) is 5.95 Å². The molecule has 0 aliphatic heterocycles. The van der Waals surface area contributed by atoms with Crippen molar-refractivity contribution in [1.82, 2.24) is 15.2 Å². The maximum atomic E-state index is 6.29. The summed E-state index contributed by atoms with van der Waals surface area (Å²) in [6.07, 6.45) is 2.57. The SMILES string of the molecule is CCC(C)Nc1nncc(Nc2c(C)cc(C)cc2Cl)n1. The van der Waals surface area contributed by atoms with E-state index in [1.165, 1.54) is 0 Å². The number of aromatic nitrogens is 3. The lowest BCUT2D eigenvalue weighted by Gasteiger charge is -2.14. The fourth-order valence-electron chi connectivity index (χ4n) is 1.95. The number of benzene rings is 1. The molecule has 0 aliphatic rings. The molecule has 6 heteroatoms. The first-order valence-corrected chi connectivity index (χ1v) is 7.37. The third-order valence-electron chi connectivity index (χ3n) is 3.23. The van der Waals surface area contributed by atoms with Crippen LogP contribution >= 0.6 is 11.6 Å². The molecule has 0 aliphatic carbocycles. The Hall–Kier alpha value is -1.88. The molecule has 0 bridgehead atoms. The van der Waals surface area contributed by atoms with E-state index in [1.807, 2.05) is 19.9 Å². The molecule has 2 N–H and O–H groups in total. The predicted octanol–water partition coefficient (Wildman–Crippen LogP) is 4.10. The number of hydrogen-bond donors (Lipinski definition) is 2. The molecule has 0 fully saturated rings. The second-order valence-corrected chi connectivity index (χ2v) is 5.59. The van der Waals surface area contributed by atoms with Gasteiger partial charge in [-0.3, -0.25) is 0 Å². The van der Waals surface area contributed by atoms with Gasteiger partial charge in [0.25, 0.3) is 0 Å². The number of hydrogen-bond acceptors (Lipinski definition) is 5. The third-order valence-corrected chi connectivity index (χ3v) is 3.53. The fourth-order valence-corrected chi connectivity index (χ4v) is 2.32. The summed E-state index contributed by atoms with van der Waals surface area (Å²) in [6, 6.07) is 4.29. The van der Waals surface area contributed by atoms with Crippen molar-refractivity contribution < 1.29 is 0 Å². The van der Waals surface area contributed by atoms with Crippen molar-refractivity contribution >= 4 is 29.1 Å². The molecule has 2 aromatic rings. The summed E-state index contributed by atoms with van der Waals surface area (Å²) in [7, 11) is 0. The minimum absolute atomic E-state index is 0.298. The Labute approximate surface area is 130 Å². The molecule has 0 spiro atoms. The van der Waals surface area contributed by atoms with E-state index in [2.05, 4.69) is 45.7 Å². The van der Waals surface area contributed by atoms with E-state index in [0.717, 1.165) is 23.2 Å². The van der Waals surface area contributed by atoms with Gasteiger partial charge in [0.15, 0.2) is 5.82 Å². The van der Waals surface area contributed by atoms with E-state index in [0.29, 0.717) is 22.8 Å². The van der Waals surface area contributed by atoms with E-state index in [9.17, 15) is 0 Å². The highest BCUT2D eigenvalue weighted by Gasteiger charge is 2.08. The van der Waals surface area contributed by atoms with Crippen molar-refractivity contribution in [2.24, 2.45) is 0 Å². The quantitative estimate of drug-likeness (QED) is 0.871. The molecule has 2 rings (SSSR count). The van der Waals surface area contributed by atoms with Crippen molar-refractivity contribution in [2.45, 2.75) is 40.2 Å². The summed E-state index contributed by atoms with van der Waals surface area (Å²) < 4.78 is 0. The first-order chi connectivity index (χ1) is 9.99. The van der Waals surface area contributed by atoms with Gasteiger partial charge in [-0.1, -0.05) is 24.6 Å². The zero-order valence-electron chi connectivity index (χ0n) is 12.7. The lowest BCUT2D eigenvalue weighted by atomic mass is 10.1. The standard InChI is InChI=1S/C15H20ClN5/c1-5-11(4)18-15-20-13(8-17-21-15)19-14-10(3)6-9(2)7-12(14)16/h6-8,11H,5H2,1-4H3,(H2,18,19,20,21). The second kappa shape index (κ2) is 6.72. The van der Waals surface area contributed by atoms with Crippen LogP contribution in [-0.2, 0) is 0 Å². The highest BCUT2D eigenvalue weighted by Crippen LogP contribution is 2.29. The van der Waals surface area contributed by atoms with Crippen molar-refractivity contribution in [3.63, 3.8) is 0 Å². The average molecular weight is 306 g/mol. The first kappa shape index (κ1) is 15.5. The number of anilines is 3. The maximum absolute atomic E-state index is 6.29. The highest BCUT2D eigenvalue weighted by molar-refractivity contribution is 6.33. The Kier molecular flexibility index (Phi) is 4.96. The molecule has 1 unspecified atom stereocenters. The lowest BCUT2D eigenvalue weighted by molar-refractivity contribution is 0.746. The Bertz CT molecular complexity index is 606. The molecule has 5 nitrogen and oxygen atoms in total. The summed E-state index contributed by atoms with van der Waals surface area (Å²) in [5.74, 6) is 1.12. The minimum atomic E-state index is 0.298. The van der Waals surface area contributed by atoms with E-state index in [-0.39, 0.29) is 0 Å². The van der Waals surface area contributed by atoms with Crippen LogP contribution in [0.4, 0.5) is 17.5 Å². The number of nitrogens with zero attached hydrogens (tertiary/aromatic N) is 3. The van der Waals surface area contributed by atoms with Crippen molar-refractivity contribution in [3.05, 3.63) is 34.5 Å². The number of rotatable bonds is 5. The van der Waals surface area contributed by atoms with Gasteiger partial charge in [-0.15, -0.1) is 5.10 Å². The summed E-state index contributed by atoms with van der Waals surface area (Å²) in [4.78, 5) is 4.41. The monoisotopic (exact) mass is 305 g/mol. The minimum Gasteiger partial charge on any atom is -0.350 e. The van der Waals surface area contributed by atoms with Gasteiger partial charge in [0.05, 0.1) is 16.9 Å². The van der Waals surface area contributed by atoms with Gasteiger partial charge in [-0.25, -0.2) is 0 Å². The van der Waals surface area contributed by atoms with Crippen molar-refractivity contribution in [1.29, 1.82) is 0 Å². The van der Waals surface area contributed by atoms with E-state index < -0.39 is 0 Å². The first-order valence-electron chi connectivity index (χ1n) is 6.99. The van der Waals surface area contributed by atoms with Crippen LogP contribution in [0.2, 0.25) is 5.02 Å². The van der Waals surface area contributed by atoms with Crippen LogP contribution in [-0.4, -0.2) is 21.2 Å². The molecule has 0 radical (unpaired) electrons. The topological polar surface area (TPSA) is 62.7 Å². The molecular weight excluding hydrogens is 286 g/mol. The third kappa shape index (κ3) is 4.04. The molecule has 112 valence electrons. The molecule has 1 atom stereocenters. The van der Waals surface area contributed by atoms with E-state index >= 15 is 0 Å². The Balaban J connectivity index is 2.22. The highest BCUT2D eigenvalue weighted by atomic mass is 35.5. The van der Waals surface area contributed by atoms with E-state index in [1.54, 1.807) is 6.20 Å². The summed E-state index contributed by atoms with van der Waals surface area (Å²) >= 11 is 6.29. The molecule has 1 aromatic carbocycles. The lowest BCUT2D eigenvalue weighted by Crippen LogP contribution is -2.16. The smallest absolute Gasteiger partial charge is 0.244 e. The fraction of sp³-hybridized carbons (Fsp3) is 0.400. The summed E-state index contributed by atoms with van der Waals surface area (Å²) in [5, 5.41) is 15.0. The van der Waals surface area contributed by atoms with Gasteiger partial charge in [-0.2, -0.15) is 10.1 Å². The number of aryl methyl sites for hydroxylation is 2. The van der Waals surface area contributed by atoms with E-state index in [4.69, 9.17) is 11.6 Å². The molecule has 0 saturated heterocycles. The van der Waals surface area contributed by atoms with Crippen molar-refractivity contribution in [2.75, 3.05) is 10.6 Å². The van der Waals surface area contributed by atoms with Crippen LogP contribution in [0.3, 0.4) is 0 Å². The van der Waals surface area contributed by atoms with Crippen LogP contribution in [0, 0.1) is 13.8 Å². The van der Waals surface area contributed by atoms with Gasteiger partial charge in [0.1, 0.15) is 0 Å². The molecule has 21 heavy (non-hydrogen) atoms.